The molecule has 0 saturated carbocycles. The first-order chi connectivity index (χ1) is 17.2. The smallest absolute Gasteiger partial charge is 0.348 e. The molecular weight excluding hydrogens is 498 g/mol. The summed E-state index contributed by atoms with van der Waals surface area (Å²) in [5.41, 5.74) is -2.18. The molecular formula is C22H13B5ClF2N3O4. The third-order valence-corrected chi connectivity index (χ3v) is 6.77. The van der Waals surface area contributed by atoms with Gasteiger partial charge in [-0.15, -0.1) is 0 Å². The summed E-state index contributed by atoms with van der Waals surface area (Å²) in [4.78, 5) is 51.7. The van der Waals surface area contributed by atoms with Crippen LogP contribution in [-0.4, -0.2) is 83.1 Å². The normalized spacial score (nSPS) is 22.7. The summed E-state index contributed by atoms with van der Waals surface area (Å²) in [6, 6.07) is 8.42. The van der Waals surface area contributed by atoms with Crippen LogP contribution < -0.4 is 0 Å². The van der Waals surface area contributed by atoms with E-state index in [1.165, 1.54) is 30.3 Å². The minimum atomic E-state index is -4.00. The van der Waals surface area contributed by atoms with Crippen molar-refractivity contribution >= 4 is 74.7 Å². The van der Waals surface area contributed by atoms with Crippen molar-refractivity contribution in [3.05, 3.63) is 69.7 Å². The number of benzene rings is 2. The predicted octanol–water partition coefficient (Wildman–Crippen LogP) is 0.831. The van der Waals surface area contributed by atoms with Gasteiger partial charge in [0.15, 0.2) is 0 Å². The molecule has 1 saturated heterocycles. The Morgan fingerprint density at radius 1 is 1.16 bits per heavy atom. The van der Waals surface area contributed by atoms with Gasteiger partial charge in [0.05, 0.1) is 13.3 Å². The molecule has 0 bridgehead atoms. The van der Waals surface area contributed by atoms with E-state index in [0.717, 1.165) is 17.0 Å². The Morgan fingerprint density at radius 3 is 2.41 bits per heavy atom. The molecule has 0 aromatic heterocycles. The van der Waals surface area contributed by atoms with E-state index in [1.807, 2.05) is 0 Å². The average Bonchev–Trinajstić information content (AvgIpc) is 3.21. The molecule has 2 aromatic carbocycles. The van der Waals surface area contributed by atoms with Crippen molar-refractivity contribution in [3.8, 4) is 0 Å². The van der Waals surface area contributed by atoms with Crippen molar-refractivity contribution in [1.29, 1.82) is 0 Å². The van der Waals surface area contributed by atoms with Gasteiger partial charge in [0.25, 0.3) is 11.8 Å². The number of nitrogens with zero attached hydrogens (tertiary/aromatic N) is 3. The standard InChI is InChI=1S/C22H13B5ClF2N3O4/c23-15-8-16(34)32(26)19(36)21(15,25)31-9-11-7-10(1-6-14(11)18(31)35)17(24)33(27)20(37)22(29,30)12-2-4-13(28)5-3-12/h1-7,15,17H,8-9H2/t15?,17?,21-/m0/s1. The SMILES string of the molecule is [B]C(c1ccc2c(c1)CN([C@]1([B])C(=O)N([B])C(=O)CC1[B])C2=O)N([B])C(=O)C(F)(F)c1ccc(Cl)cc1. The number of piperidine rings is 1. The number of carbonyl (C=O) groups excluding carboxylic acids is 4. The van der Waals surface area contributed by atoms with E-state index in [9.17, 15) is 28.0 Å². The van der Waals surface area contributed by atoms with Crippen LogP contribution in [0.3, 0.4) is 0 Å². The Morgan fingerprint density at radius 2 is 1.78 bits per heavy atom. The second kappa shape index (κ2) is 9.38. The number of carbonyl (C=O) groups is 4. The van der Waals surface area contributed by atoms with Gasteiger partial charge in [0.2, 0.25) is 27.8 Å². The zero-order valence-corrected chi connectivity index (χ0v) is 19.9. The fraction of sp³-hybridized carbons (Fsp3) is 0.273. The Kier molecular flexibility index (Phi) is 6.86. The Bertz CT molecular complexity index is 1320. The molecule has 4 amide bonds. The van der Waals surface area contributed by atoms with Crippen LogP contribution in [-0.2, 0) is 26.9 Å². The molecule has 2 aliphatic heterocycles. The maximum Gasteiger partial charge on any atom is 0.348 e. The Hall–Kier alpha value is -3.01. The van der Waals surface area contributed by atoms with Crippen molar-refractivity contribution in [2.45, 2.75) is 36.1 Å². The molecule has 176 valence electrons. The topological polar surface area (TPSA) is 78.0 Å². The highest BCUT2D eigenvalue weighted by Crippen LogP contribution is 2.40. The lowest BCUT2D eigenvalue weighted by Gasteiger charge is -2.48. The maximum absolute atomic E-state index is 14.8. The molecule has 15 heteroatoms. The fourth-order valence-electron chi connectivity index (χ4n) is 4.28. The zero-order chi connectivity index (χ0) is 27.4. The molecule has 2 aliphatic rings. The van der Waals surface area contributed by atoms with Crippen LogP contribution in [0.2, 0.25) is 10.8 Å². The molecule has 37 heavy (non-hydrogen) atoms. The minimum Gasteiger partial charge on any atom is -0.393 e. The molecule has 10 radical (unpaired) electrons. The summed E-state index contributed by atoms with van der Waals surface area (Å²) in [6.45, 7) is -0.230. The lowest BCUT2D eigenvalue weighted by atomic mass is 9.55. The first-order valence-corrected chi connectivity index (χ1v) is 11.2. The van der Waals surface area contributed by atoms with Crippen molar-refractivity contribution in [1.82, 2.24) is 14.5 Å². The summed E-state index contributed by atoms with van der Waals surface area (Å²) in [5, 5.41) is 0.205. The molecule has 0 N–H and O–H groups in total. The van der Waals surface area contributed by atoms with E-state index >= 15 is 0 Å². The minimum absolute atomic E-state index is 0.122. The fourth-order valence-corrected chi connectivity index (χ4v) is 4.40. The average molecular weight is 511 g/mol. The van der Waals surface area contributed by atoms with Crippen LogP contribution in [0.4, 0.5) is 8.78 Å². The number of alkyl halides is 2. The van der Waals surface area contributed by atoms with Crippen LogP contribution in [0.25, 0.3) is 0 Å². The number of amides is 4. The van der Waals surface area contributed by atoms with Crippen molar-refractivity contribution in [3.63, 3.8) is 0 Å². The van der Waals surface area contributed by atoms with Gasteiger partial charge >= 0.3 is 5.92 Å². The maximum atomic E-state index is 14.8. The van der Waals surface area contributed by atoms with E-state index in [2.05, 4.69) is 0 Å². The second-order valence-electron chi connectivity index (χ2n) is 8.75. The lowest BCUT2D eigenvalue weighted by Crippen LogP contribution is -2.66. The van der Waals surface area contributed by atoms with Gasteiger partial charge in [-0.05, 0) is 35.1 Å². The van der Waals surface area contributed by atoms with Crippen molar-refractivity contribution < 1.29 is 28.0 Å². The van der Waals surface area contributed by atoms with Crippen molar-refractivity contribution in [2.75, 3.05) is 0 Å². The van der Waals surface area contributed by atoms with Gasteiger partial charge in [-0.25, -0.2) is 0 Å². The van der Waals surface area contributed by atoms with Crippen LogP contribution in [0.1, 0.15) is 39.4 Å². The van der Waals surface area contributed by atoms with E-state index in [-0.39, 0.29) is 33.9 Å². The highest BCUT2D eigenvalue weighted by Gasteiger charge is 2.53. The largest absolute Gasteiger partial charge is 0.393 e. The predicted molar refractivity (Wildman–Crippen MR) is 133 cm³/mol. The van der Waals surface area contributed by atoms with Crippen LogP contribution in [0.15, 0.2) is 42.5 Å². The molecule has 2 heterocycles. The highest BCUT2D eigenvalue weighted by atomic mass is 35.5. The number of hydrogen-bond donors (Lipinski definition) is 0. The summed E-state index contributed by atoms with van der Waals surface area (Å²) >= 11 is 5.72. The van der Waals surface area contributed by atoms with Gasteiger partial charge in [0.1, 0.15) is 15.7 Å². The first kappa shape index (κ1) is 27.0. The summed E-state index contributed by atoms with van der Waals surface area (Å²) in [6.07, 6.45) is -0.374. The second-order valence-corrected chi connectivity index (χ2v) is 9.19. The van der Waals surface area contributed by atoms with Crippen LogP contribution in [0, 0.1) is 0 Å². The van der Waals surface area contributed by atoms with Gasteiger partial charge in [-0.3, -0.25) is 19.2 Å². The molecule has 2 aromatic rings. The molecule has 0 aliphatic carbocycles. The van der Waals surface area contributed by atoms with Crippen molar-refractivity contribution in [2.24, 2.45) is 0 Å². The third kappa shape index (κ3) is 4.29. The Labute approximate surface area is 222 Å². The summed E-state index contributed by atoms with van der Waals surface area (Å²) < 4.78 is 29.6. The molecule has 3 atom stereocenters. The van der Waals surface area contributed by atoms with E-state index in [0.29, 0.717) is 10.4 Å². The Balaban J connectivity index is 1.58. The van der Waals surface area contributed by atoms with Crippen LogP contribution >= 0.6 is 11.6 Å². The van der Waals surface area contributed by atoms with Gasteiger partial charge in [-0.1, -0.05) is 35.9 Å². The van der Waals surface area contributed by atoms with Gasteiger partial charge in [0, 0.05) is 35.1 Å². The molecule has 0 spiro atoms. The van der Waals surface area contributed by atoms with E-state index in [4.69, 9.17) is 51.1 Å². The van der Waals surface area contributed by atoms with E-state index < -0.39 is 52.3 Å². The number of rotatable bonds is 5. The number of fused-ring (bicyclic) bond motifs is 1. The number of hydrogen-bond acceptors (Lipinski definition) is 4. The monoisotopic (exact) mass is 511 g/mol. The third-order valence-electron chi connectivity index (χ3n) is 6.52. The molecule has 7 nitrogen and oxygen atoms in total. The number of imide groups is 1. The lowest BCUT2D eigenvalue weighted by molar-refractivity contribution is -0.154. The molecule has 4 rings (SSSR count). The van der Waals surface area contributed by atoms with Crippen LogP contribution in [0.5, 0.6) is 0 Å². The number of halogens is 3. The quantitative estimate of drug-likeness (QED) is 0.441. The first-order valence-electron chi connectivity index (χ1n) is 10.8. The highest BCUT2D eigenvalue weighted by molar-refractivity contribution is 6.42. The molecule has 2 unspecified atom stereocenters. The zero-order valence-electron chi connectivity index (χ0n) is 19.1. The van der Waals surface area contributed by atoms with Gasteiger partial charge < -0.3 is 14.5 Å². The summed E-state index contributed by atoms with van der Waals surface area (Å²) in [7, 11) is 29.4. The van der Waals surface area contributed by atoms with Gasteiger partial charge in [-0.2, -0.15) is 8.78 Å². The van der Waals surface area contributed by atoms with E-state index in [1.54, 1.807) is 0 Å². The molecule has 1 fully saturated rings. The summed E-state index contributed by atoms with van der Waals surface area (Å²) in [5.74, 6) is -11.0.